The lowest BCUT2D eigenvalue weighted by Crippen LogP contribution is -2.13. The minimum atomic E-state index is 0.184. The molecule has 0 bridgehead atoms. The number of hydrogen-bond donors (Lipinski definition) is 1. The minimum absolute atomic E-state index is 0.184. The van der Waals surface area contributed by atoms with Gasteiger partial charge in [0, 0.05) is 34.4 Å². The van der Waals surface area contributed by atoms with Gasteiger partial charge in [0.15, 0.2) is 0 Å². The molecule has 0 unspecified atom stereocenters. The van der Waals surface area contributed by atoms with E-state index in [0.717, 1.165) is 12.2 Å². The predicted octanol–water partition coefficient (Wildman–Crippen LogP) is 5.35. The summed E-state index contributed by atoms with van der Waals surface area (Å²) in [5.74, 6) is 0. The van der Waals surface area contributed by atoms with Crippen LogP contribution in [-0.4, -0.2) is 4.98 Å². The van der Waals surface area contributed by atoms with Crippen LogP contribution in [-0.2, 0) is 17.4 Å². The molecule has 2 rings (SSSR count). The molecule has 0 atom stereocenters. The highest BCUT2D eigenvalue weighted by atomic mass is 32.1. The number of pyridine rings is 1. The van der Waals surface area contributed by atoms with Crippen molar-refractivity contribution in [2.75, 3.05) is 5.32 Å². The van der Waals surface area contributed by atoms with E-state index < -0.39 is 0 Å². The number of thiophene rings is 1. The highest BCUT2D eigenvalue weighted by molar-refractivity contribution is 7.12. The van der Waals surface area contributed by atoms with Crippen LogP contribution < -0.4 is 5.32 Å². The molecular weight excluding hydrogens is 276 g/mol. The van der Waals surface area contributed by atoms with Gasteiger partial charge >= 0.3 is 0 Å². The van der Waals surface area contributed by atoms with Crippen molar-refractivity contribution in [2.24, 2.45) is 0 Å². The Balaban J connectivity index is 2.27. The molecule has 2 aromatic heterocycles. The van der Waals surface area contributed by atoms with Crippen molar-refractivity contribution >= 4 is 17.0 Å². The Bertz CT molecular complexity index is 586. The molecule has 0 saturated heterocycles. The second kappa shape index (κ2) is 5.80. The zero-order valence-corrected chi connectivity index (χ0v) is 14.8. The Hall–Kier alpha value is -1.35. The normalized spacial score (nSPS) is 12.5. The Morgan fingerprint density at radius 3 is 2.14 bits per heavy atom. The minimum Gasteiger partial charge on any atom is -0.381 e. The summed E-state index contributed by atoms with van der Waals surface area (Å²) in [5.41, 5.74) is 2.92. The van der Waals surface area contributed by atoms with E-state index in [1.54, 1.807) is 0 Å². The van der Waals surface area contributed by atoms with Crippen LogP contribution in [0, 0.1) is 0 Å². The maximum absolute atomic E-state index is 4.06. The maximum atomic E-state index is 4.06. The second-order valence-electron chi connectivity index (χ2n) is 7.55. The zero-order chi connectivity index (χ0) is 15.7. The summed E-state index contributed by atoms with van der Waals surface area (Å²) in [6.07, 6.45) is 3.64. The largest absolute Gasteiger partial charge is 0.381 e. The molecule has 0 aliphatic heterocycles. The van der Waals surface area contributed by atoms with E-state index >= 15 is 0 Å². The molecule has 2 aromatic rings. The fourth-order valence-corrected chi connectivity index (χ4v) is 3.53. The van der Waals surface area contributed by atoms with Crippen LogP contribution in [0.1, 0.15) is 56.9 Å². The van der Waals surface area contributed by atoms with Gasteiger partial charge in [-0.2, -0.15) is 0 Å². The standard InChI is InChI=1S/C18H26N2S/c1-17(2,3)15-11-13(16(21-15)18(4,5)6)12-20-14-7-9-19-10-8-14/h7-11H,12H2,1-6H3,(H,19,20). The van der Waals surface area contributed by atoms with Crippen molar-refractivity contribution in [3.05, 3.63) is 45.9 Å². The van der Waals surface area contributed by atoms with Gasteiger partial charge in [0.2, 0.25) is 0 Å². The molecule has 2 nitrogen and oxygen atoms in total. The summed E-state index contributed by atoms with van der Waals surface area (Å²) in [6.45, 7) is 14.6. The fraction of sp³-hybridized carbons (Fsp3) is 0.500. The van der Waals surface area contributed by atoms with Crippen molar-refractivity contribution in [3.8, 4) is 0 Å². The lowest BCUT2D eigenvalue weighted by atomic mass is 9.90. The predicted molar refractivity (Wildman–Crippen MR) is 93.3 cm³/mol. The number of rotatable bonds is 3. The summed E-state index contributed by atoms with van der Waals surface area (Å²) in [4.78, 5) is 6.99. The first-order chi connectivity index (χ1) is 9.68. The Kier molecular flexibility index (Phi) is 4.43. The Morgan fingerprint density at radius 1 is 1.00 bits per heavy atom. The monoisotopic (exact) mass is 302 g/mol. The SMILES string of the molecule is CC(C)(C)c1cc(CNc2ccncc2)c(C(C)(C)C)s1. The number of nitrogens with zero attached hydrogens (tertiary/aromatic N) is 1. The molecule has 2 heterocycles. The first-order valence-electron chi connectivity index (χ1n) is 7.45. The number of hydrogen-bond acceptors (Lipinski definition) is 3. The van der Waals surface area contributed by atoms with E-state index in [9.17, 15) is 0 Å². The quantitative estimate of drug-likeness (QED) is 0.826. The number of anilines is 1. The molecular formula is C18H26N2S. The van der Waals surface area contributed by atoms with Crippen LogP contribution in [0.3, 0.4) is 0 Å². The smallest absolute Gasteiger partial charge is 0.0412 e. The van der Waals surface area contributed by atoms with Crippen molar-refractivity contribution in [1.29, 1.82) is 0 Å². The molecule has 114 valence electrons. The van der Waals surface area contributed by atoms with Crippen LogP contribution >= 0.6 is 11.3 Å². The third kappa shape index (κ3) is 4.07. The third-order valence-corrected chi connectivity index (χ3v) is 5.42. The van der Waals surface area contributed by atoms with E-state index in [4.69, 9.17) is 0 Å². The van der Waals surface area contributed by atoms with Crippen LogP contribution in [0.25, 0.3) is 0 Å². The van der Waals surface area contributed by atoms with Crippen molar-refractivity contribution in [1.82, 2.24) is 4.98 Å². The van der Waals surface area contributed by atoms with E-state index in [2.05, 4.69) is 57.9 Å². The van der Waals surface area contributed by atoms with Gasteiger partial charge in [-0.1, -0.05) is 41.5 Å². The van der Waals surface area contributed by atoms with E-state index in [0.29, 0.717) is 0 Å². The van der Waals surface area contributed by atoms with Crippen molar-refractivity contribution < 1.29 is 0 Å². The maximum Gasteiger partial charge on any atom is 0.0412 e. The number of nitrogens with one attached hydrogen (secondary N) is 1. The molecule has 0 radical (unpaired) electrons. The van der Waals surface area contributed by atoms with Gasteiger partial charge in [-0.25, -0.2) is 0 Å². The van der Waals surface area contributed by atoms with Crippen molar-refractivity contribution in [3.63, 3.8) is 0 Å². The van der Waals surface area contributed by atoms with Crippen LogP contribution in [0.4, 0.5) is 5.69 Å². The molecule has 0 saturated carbocycles. The highest BCUT2D eigenvalue weighted by Gasteiger charge is 2.25. The molecule has 3 heteroatoms. The summed E-state index contributed by atoms with van der Waals surface area (Å²) >= 11 is 1.96. The van der Waals surface area contributed by atoms with E-state index in [-0.39, 0.29) is 10.8 Å². The summed E-state index contributed by atoms with van der Waals surface area (Å²) < 4.78 is 0. The van der Waals surface area contributed by atoms with Crippen LogP contribution in [0.5, 0.6) is 0 Å². The van der Waals surface area contributed by atoms with Gasteiger partial charge in [-0.05, 0) is 34.6 Å². The lowest BCUT2D eigenvalue weighted by molar-refractivity contribution is 0.598. The third-order valence-electron chi connectivity index (χ3n) is 3.39. The van der Waals surface area contributed by atoms with Gasteiger partial charge in [0.05, 0.1) is 0 Å². The molecule has 0 aliphatic rings. The van der Waals surface area contributed by atoms with Gasteiger partial charge in [-0.3, -0.25) is 4.98 Å². The molecule has 0 amide bonds. The van der Waals surface area contributed by atoms with Crippen LogP contribution in [0.2, 0.25) is 0 Å². The summed E-state index contributed by atoms with van der Waals surface area (Å²) in [7, 11) is 0. The topological polar surface area (TPSA) is 24.9 Å². The Labute approximate surface area is 132 Å². The first-order valence-corrected chi connectivity index (χ1v) is 8.27. The van der Waals surface area contributed by atoms with E-state index in [1.165, 1.54) is 15.3 Å². The molecule has 21 heavy (non-hydrogen) atoms. The number of aromatic nitrogens is 1. The highest BCUT2D eigenvalue weighted by Crippen LogP contribution is 2.39. The molecule has 0 aromatic carbocycles. The first kappa shape index (κ1) is 16.0. The zero-order valence-electron chi connectivity index (χ0n) is 13.9. The van der Waals surface area contributed by atoms with E-state index in [1.807, 2.05) is 35.9 Å². The average Bonchev–Trinajstić information content (AvgIpc) is 2.81. The average molecular weight is 302 g/mol. The summed E-state index contributed by atoms with van der Waals surface area (Å²) in [5, 5.41) is 3.50. The second-order valence-corrected chi connectivity index (χ2v) is 8.61. The van der Waals surface area contributed by atoms with Gasteiger partial charge < -0.3 is 5.32 Å². The lowest BCUT2D eigenvalue weighted by Gasteiger charge is -2.20. The van der Waals surface area contributed by atoms with Gasteiger partial charge in [-0.15, -0.1) is 11.3 Å². The van der Waals surface area contributed by atoms with Crippen LogP contribution in [0.15, 0.2) is 30.6 Å². The summed E-state index contributed by atoms with van der Waals surface area (Å²) in [6, 6.07) is 6.39. The fourth-order valence-electron chi connectivity index (χ4n) is 2.23. The molecule has 0 spiro atoms. The van der Waals surface area contributed by atoms with Crippen molar-refractivity contribution in [2.45, 2.75) is 58.9 Å². The molecule has 0 aliphatic carbocycles. The van der Waals surface area contributed by atoms with Gasteiger partial charge in [0.25, 0.3) is 0 Å². The Morgan fingerprint density at radius 2 is 1.62 bits per heavy atom. The molecule has 0 fully saturated rings. The molecule has 1 N–H and O–H groups in total. The van der Waals surface area contributed by atoms with Gasteiger partial charge in [0.1, 0.15) is 0 Å².